The van der Waals surface area contributed by atoms with Crippen molar-refractivity contribution in [2.75, 3.05) is 10.2 Å². The van der Waals surface area contributed by atoms with Crippen molar-refractivity contribution in [2.45, 2.75) is 0 Å². The minimum atomic E-state index is -1.06. The van der Waals surface area contributed by atoms with Crippen molar-refractivity contribution in [1.29, 1.82) is 0 Å². The molecule has 148 valence electrons. The Morgan fingerprint density at radius 1 is 0.867 bits per heavy atom. The third-order valence-electron chi connectivity index (χ3n) is 4.52. The lowest BCUT2D eigenvalue weighted by atomic mass is 10.1. The zero-order valence-corrected chi connectivity index (χ0v) is 16.7. The number of anilines is 3. The molecule has 7 heteroatoms. The molecular formula is C23H18N4O2S. The van der Waals surface area contributed by atoms with Gasteiger partial charge >= 0.3 is 0 Å². The first-order valence-electron chi connectivity index (χ1n) is 9.32. The fraction of sp³-hybridized carbons (Fsp3) is 0.0435. The molecule has 30 heavy (non-hydrogen) atoms. The zero-order valence-electron chi connectivity index (χ0n) is 15.9. The molecule has 3 aromatic rings. The van der Waals surface area contributed by atoms with Gasteiger partial charge in [-0.05, 0) is 60.7 Å². The van der Waals surface area contributed by atoms with Gasteiger partial charge in [-0.3, -0.25) is 19.5 Å². The lowest BCUT2D eigenvalue weighted by Gasteiger charge is -2.30. The Bertz CT molecular complexity index is 1100. The number of aliphatic imine (C=N–C) groups is 1. The fourth-order valence-electron chi connectivity index (χ4n) is 3.02. The number of carbonyl (C=O) groups excluding carboxylic acids is 2. The molecule has 1 fully saturated rings. The maximum absolute atomic E-state index is 12.9. The molecule has 4 rings (SSSR count). The summed E-state index contributed by atoms with van der Waals surface area (Å²) in [4.78, 5) is 30.9. The van der Waals surface area contributed by atoms with E-state index in [4.69, 9.17) is 12.2 Å². The van der Waals surface area contributed by atoms with E-state index in [1.807, 2.05) is 60.7 Å². The van der Waals surface area contributed by atoms with E-state index >= 15 is 0 Å². The number of nitrogens with one attached hydrogen (secondary N) is 2. The van der Waals surface area contributed by atoms with Gasteiger partial charge in [0.25, 0.3) is 5.91 Å². The van der Waals surface area contributed by atoms with Crippen LogP contribution in [0.25, 0.3) is 0 Å². The molecule has 0 radical (unpaired) electrons. The average Bonchev–Trinajstić information content (AvgIpc) is 2.76. The standard InChI is InChI=1S/C23H18N4O2S/c28-21-20(22(29)27(23(30)26-21)19-9-5-2-6-10-19)15-24-16-11-13-18(14-12-16)25-17-7-3-1-4-8-17/h1-15,20,25H,(H,26,28,30)/t20-/m1/s1. The van der Waals surface area contributed by atoms with Crippen molar-refractivity contribution in [3.8, 4) is 0 Å². The predicted octanol–water partition coefficient (Wildman–Crippen LogP) is 4.20. The summed E-state index contributed by atoms with van der Waals surface area (Å²) < 4.78 is 0. The Balaban J connectivity index is 1.49. The van der Waals surface area contributed by atoms with Gasteiger partial charge in [-0.15, -0.1) is 0 Å². The Kier molecular flexibility index (Phi) is 5.63. The second-order valence-corrected chi connectivity index (χ2v) is 6.98. The number of thiocarbonyl (C=S) groups is 1. The van der Waals surface area contributed by atoms with E-state index in [-0.39, 0.29) is 5.11 Å². The monoisotopic (exact) mass is 414 g/mol. The second-order valence-electron chi connectivity index (χ2n) is 6.60. The summed E-state index contributed by atoms with van der Waals surface area (Å²) in [5.74, 6) is -1.97. The normalized spacial score (nSPS) is 16.6. The van der Waals surface area contributed by atoms with Crippen molar-refractivity contribution in [3.63, 3.8) is 0 Å². The lowest BCUT2D eigenvalue weighted by molar-refractivity contribution is -0.130. The van der Waals surface area contributed by atoms with Crippen LogP contribution in [0.3, 0.4) is 0 Å². The van der Waals surface area contributed by atoms with E-state index in [1.54, 1.807) is 24.3 Å². The summed E-state index contributed by atoms with van der Waals surface area (Å²) in [6, 6.07) is 26.2. The van der Waals surface area contributed by atoms with Gasteiger partial charge in [-0.1, -0.05) is 36.4 Å². The van der Waals surface area contributed by atoms with Gasteiger partial charge in [0.15, 0.2) is 11.0 Å². The highest BCUT2D eigenvalue weighted by Crippen LogP contribution is 2.22. The van der Waals surface area contributed by atoms with Crippen LogP contribution in [-0.4, -0.2) is 23.1 Å². The fourth-order valence-corrected chi connectivity index (χ4v) is 3.32. The van der Waals surface area contributed by atoms with E-state index in [0.29, 0.717) is 11.4 Å². The Morgan fingerprint density at radius 3 is 2.13 bits per heavy atom. The van der Waals surface area contributed by atoms with Gasteiger partial charge < -0.3 is 10.6 Å². The molecule has 2 amide bonds. The molecule has 0 aromatic heterocycles. The van der Waals surface area contributed by atoms with Crippen LogP contribution in [-0.2, 0) is 9.59 Å². The van der Waals surface area contributed by atoms with E-state index in [0.717, 1.165) is 11.4 Å². The van der Waals surface area contributed by atoms with Crippen LogP contribution < -0.4 is 15.5 Å². The highest BCUT2D eigenvalue weighted by Gasteiger charge is 2.38. The molecular weight excluding hydrogens is 396 g/mol. The molecule has 0 unspecified atom stereocenters. The van der Waals surface area contributed by atoms with Crippen LogP contribution in [0.15, 0.2) is 89.9 Å². The molecule has 1 heterocycles. The number of hydrogen-bond donors (Lipinski definition) is 2. The third-order valence-corrected chi connectivity index (χ3v) is 4.80. The highest BCUT2D eigenvalue weighted by molar-refractivity contribution is 7.80. The van der Waals surface area contributed by atoms with Crippen LogP contribution in [0, 0.1) is 5.92 Å². The van der Waals surface area contributed by atoms with Crippen LogP contribution in [0.5, 0.6) is 0 Å². The summed E-state index contributed by atoms with van der Waals surface area (Å²) in [6.45, 7) is 0. The molecule has 0 bridgehead atoms. The van der Waals surface area contributed by atoms with Crippen LogP contribution in [0.2, 0.25) is 0 Å². The van der Waals surface area contributed by atoms with Gasteiger partial charge in [-0.25, -0.2) is 0 Å². The molecule has 1 saturated heterocycles. The number of carbonyl (C=O) groups is 2. The minimum Gasteiger partial charge on any atom is -0.356 e. The third kappa shape index (κ3) is 4.26. The van der Waals surface area contributed by atoms with Crippen molar-refractivity contribution in [1.82, 2.24) is 5.32 Å². The number of nitrogens with zero attached hydrogens (tertiary/aromatic N) is 2. The zero-order chi connectivity index (χ0) is 20.9. The molecule has 1 atom stereocenters. The summed E-state index contributed by atoms with van der Waals surface area (Å²) in [5, 5.41) is 5.93. The molecule has 0 aliphatic carbocycles. The molecule has 0 saturated carbocycles. The molecule has 3 aromatic carbocycles. The summed E-state index contributed by atoms with van der Waals surface area (Å²) in [6.07, 6.45) is 1.36. The molecule has 6 nitrogen and oxygen atoms in total. The van der Waals surface area contributed by atoms with E-state index in [9.17, 15) is 9.59 Å². The second kappa shape index (κ2) is 8.67. The van der Waals surface area contributed by atoms with Crippen LogP contribution in [0.1, 0.15) is 0 Å². The highest BCUT2D eigenvalue weighted by atomic mass is 32.1. The molecule has 1 aliphatic rings. The number of rotatable bonds is 5. The van der Waals surface area contributed by atoms with Crippen LogP contribution >= 0.6 is 12.2 Å². The van der Waals surface area contributed by atoms with E-state index in [1.165, 1.54) is 11.1 Å². The Hall–Kier alpha value is -3.84. The smallest absolute Gasteiger partial charge is 0.251 e. The van der Waals surface area contributed by atoms with E-state index in [2.05, 4.69) is 15.6 Å². The molecule has 1 aliphatic heterocycles. The largest absolute Gasteiger partial charge is 0.356 e. The molecule has 0 spiro atoms. The Morgan fingerprint density at radius 2 is 1.47 bits per heavy atom. The maximum atomic E-state index is 12.9. The average molecular weight is 414 g/mol. The lowest BCUT2D eigenvalue weighted by Crippen LogP contribution is -2.58. The first-order valence-corrected chi connectivity index (χ1v) is 9.73. The van der Waals surface area contributed by atoms with Gasteiger partial charge in [0, 0.05) is 17.6 Å². The topological polar surface area (TPSA) is 73.8 Å². The van der Waals surface area contributed by atoms with Crippen molar-refractivity contribution in [3.05, 3.63) is 84.9 Å². The summed E-state index contributed by atoms with van der Waals surface area (Å²) in [7, 11) is 0. The maximum Gasteiger partial charge on any atom is 0.251 e. The van der Waals surface area contributed by atoms with E-state index < -0.39 is 17.7 Å². The Labute approximate surface area is 179 Å². The van der Waals surface area contributed by atoms with Gasteiger partial charge in [-0.2, -0.15) is 0 Å². The van der Waals surface area contributed by atoms with Crippen molar-refractivity contribution < 1.29 is 9.59 Å². The molecule has 2 N–H and O–H groups in total. The van der Waals surface area contributed by atoms with Gasteiger partial charge in [0.05, 0.1) is 11.4 Å². The first kappa shape index (κ1) is 19.5. The minimum absolute atomic E-state index is 0.0668. The quantitative estimate of drug-likeness (QED) is 0.373. The SMILES string of the molecule is O=C1NC(=S)N(c2ccccc2)C(=O)[C@@H]1C=Nc1ccc(Nc2ccccc2)cc1. The number of hydrogen-bond acceptors (Lipinski definition) is 5. The first-order chi connectivity index (χ1) is 14.6. The predicted molar refractivity (Wildman–Crippen MR) is 122 cm³/mol. The van der Waals surface area contributed by atoms with Crippen LogP contribution in [0.4, 0.5) is 22.7 Å². The number of amides is 2. The van der Waals surface area contributed by atoms with Gasteiger partial charge in [0.2, 0.25) is 5.91 Å². The number of benzene rings is 3. The summed E-state index contributed by atoms with van der Waals surface area (Å²) >= 11 is 5.18. The van der Waals surface area contributed by atoms with Gasteiger partial charge in [0.1, 0.15) is 0 Å². The van der Waals surface area contributed by atoms with Crippen molar-refractivity contribution >= 4 is 58.1 Å². The number of para-hydroxylation sites is 2. The summed E-state index contributed by atoms with van der Waals surface area (Å²) in [5.41, 5.74) is 3.12. The van der Waals surface area contributed by atoms with Crippen molar-refractivity contribution in [2.24, 2.45) is 10.9 Å².